The molecule has 2 aromatic heterocycles. The quantitative estimate of drug-likeness (QED) is 0.846. The van der Waals surface area contributed by atoms with E-state index >= 15 is 0 Å². The van der Waals surface area contributed by atoms with Gasteiger partial charge in [0.25, 0.3) is 0 Å². The Labute approximate surface area is 154 Å². The predicted octanol–water partition coefficient (Wildman–Crippen LogP) is 1.96. The second-order valence-electron chi connectivity index (χ2n) is 7.86. The standard InChI is InChI=1S/C20H27N5O/c1-15-6-4-7-16(22-15)12-25-13-17(18-8-10-21-24(18)3)20(14-25)9-5-11-23(2)19(20)26/h4,6-8,10,17H,5,9,11-14H2,1-3H3/t17-,20+/m0/s1. The minimum atomic E-state index is -0.343. The fraction of sp³-hybridized carbons (Fsp3) is 0.550. The number of likely N-dealkylation sites (tertiary alicyclic amines) is 2. The number of piperidine rings is 1. The number of hydrogen-bond donors (Lipinski definition) is 0. The molecule has 0 N–H and O–H groups in total. The van der Waals surface area contributed by atoms with Crippen molar-refractivity contribution in [3.05, 3.63) is 47.5 Å². The van der Waals surface area contributed by atoms with Crippen molar-refractivity contribution in [1.29, 1.82) is 0 Å². The zero-order valence-electron chi connectivity index (χ0n) is 15.9. The van der Waals surface area contributed by atoms with Gasteiger partial charge in [-0.25, -0.2) is 0 Å². The average Bonchev–Trinajstić information content (AvgIpc) is 3.17. The average molecular weight is 353 g/mol. The Hall–Kier alpha value is -2.21. The van der Waals surface area contributed by atoms with E-state index in [1.165, 1.54) is 0 Å². The van der Waals surface area contributed by atoms with E-state index in [9.17, 15) is 4.79 Å². The molecule has 1 spiro atoms. The van der Waals surface area contributed by atoms with E-state index in [1.807, 2.05) is 42.9 Å². The first-order valence-electron chi connectivity index (χ1n) is 9.38. The van der Waals surface area contributed by atoms with Crippen LogP contribution in [0.4, 0.5) is 0 Å². The molecular weight excluding hydrogens is 326 g/mol. The van der Waals surface area contributed by atoms with Crippen molar-refractivity contribution in [2.45, 2.75) is 32.2 Å². The molecule has 0 saturated carbocycles. The molecule has 26 heavy (non-hydrogen) atoms. The van der Waals surface area contributed by atoms with Gasteiger partial charge in [0.1, 0.15) is 0 Å². The zero-order valence-corrected chi connectivity index (χ0v) is 15.9. The Morgan fingerprint density at radius 2 is 2.12 bits per heavy atom. The molecule has 2 aliphatic rings. The summed E-state index contributed by atoms with van der Waals surface area (Å²) in [5, 5.41) is 4.36. The highest BCUT2D eigenvalue weighted by Gasteiger charge is 2.55. The summed E-state index contributed by atoms with van der Waals surface area (Å²) in [6.07, 6.45) is 3.85. The molecule has 0 aromatic carbocycles. The van der Waals surface area contributed by atoms with Crippen molar-refractivity contribution in [2.24, 2.45) is 12.5 Å². The fourth-order valence-corrected chi connectivity index (χ4v) is 4.84. The Bertz CT molecular complexity index is 816. The molecule has 0 unspecified atom stereocenters. The molecule has 138 valence electrons. The molecule has 4 rings (SSSR count). The van der Waals surface area contributed by atoms with Crippen LogP contribution in [0.25, 0.3) is 0 Å². The van der Waals surface area contributed by atoms with Crippen LogP contribution in [0.2, 0.25) is 0 Å². The minimum absolute atomic E-state index is 0.176. The number of nitrogens with zero attached hydrogens (tertiary/aromatic N) is 5. The third kappa shape index (κ3) is 2.82. The first-order valence-corrected chi connectivity index (χ1v) is 9.38. The summed E-state index contributed by atoms with van der Waals surface area (Å²) in [4.78, 5) is 22.2. The highest BCUT2D eigenvalue weighted by atomic mass is 16.2. The van der Waals surface area contributed by atoms with Crippen molar-refractivity contribution >= 4 is 5.91 Å². The number of carbonyl (C=O) groups is 1. The highest BCUT2D eigenvalue weighted by molar-refractivity contribution is 5.85. The number of pyridine rings is 1. The molecule has 2 aromatic rings. The topological polar surface area (TPSA) is 54.3 Å². The van der Waals surface area contributed by atoms with Gasteiger partial charge in [0.2, 0.25) is 5.91 Å². The number of carbonyl (C=O) groups excluding carboxylic acids is 1. The van der Waals surface area contributed by atoms with Crippen LogP contribution in [0, 0.1) is 12.3 Å². The fourth-order valence-electron chi connectivity index (χ4n) is 4.84. The lowest BCUT2D eigenvalue weighted by Gasteiger charge is -2.41. The lowest BCUT2D eigenvalue weighted by Crippen LogP contribution is -2.50. The summed E-state index contributed by atoms with van der Waals surface area (Å²) in [5.74, 6) is 0.463. The Kier molecular flexibility index (Phi) is 4.31. The lowest BCUT2D eigenvalue weighted by molar-refractivity contribution is -0.145. The van der Waals surface area contributed by atoms with Crippen LogP contribution >= 0.6 is 0 Å². The molecule has 0 aliphatic carbocycles. The van der Waals surface area contributed by atoms with E-state index in [2.05, 4.69) is 33.2 Å². The van der Waals surface area contributed by atoms with Crippen LogP contribution in [0.5, 0.6) is 0 Å². The lowest BCUT2D eigenvalue weighted by atomic mass is 9.70. The van der Waals surface area contributed by atoms with Crippen LogP contribution in [0.15, 0.2) is 30.5 Å². The minimum Gasteiger partial charge on any atom is -0.345 e. The highest BCUT2D eigenvalue weighted by Crippen LogP contribution is 2.49. The third-order valence-corrected chi connectivity index (χ3v) is 6.05. The second-order valence-corrected chi connectivity index (χ2v) is 7.86. The smallest absolute Gasteiger partial charge is 0.230 e. The summed E-state index contributed by atoms with van der Waals surface area (Å²) in [7, 11) is 3.92. The summed E-state index contributed by atoms with van der Waals surface area (Å²) >= 11 is 0. The van der Waals surface area contributed by atoms with Gasteiger partial charge >= 0.3 is 0 Å². The van der Waals surface area contributed by atoms with E-state index in [-0.39, 0.29) is 17.2 Å². The summed E-state index contributed by atoms with van der Waals surface area (Å²) in [5.41, 5.74) is 2.92. The number of hydrogen-bond acceptors (Lipinski definition) is 4. The van der Waals surface area contributed by atoms with Gasteiger partial charge in [0.15, 0.2) is 0 Å². The van der Waals surface area contributed by atoms with Crippen LogP contribution in [0.1, 0.15) is 35.8 Å². The Morgan fingerprint density at radius 3 is 2.85 bits per heavy atom. The maximum absolute atomic E-state index is 13.3. The molecule has 0 radical (unpaired) electrons. The van der Waals surface area contributed by atoms with Gasteiger partial charge in [-0.3, -0.25) is 19.4 Å². The number of rotatable bonds is 3. The van der Waals surface area contributed by atoms with Gasteiger partial charge in [-0.15, -0.1) is 0 Å². The number of aryl methyl sites for hydroxylation is 2. The van der Waals surface area contributed by atoms with Gasteiger partial charge < -0.3 is 4.90 Å². The predicted molar refractivity (Wildman–Crippen MR) is 99.5 cm³/mol. The first-order chi connectivity index (χ1) is 12.5. The van der Waals surface area contributed by atoms with Crippen LogP contribution < -0.4 is 0 Å². The third-order valence-electron chi connectivity index (χ3n) is 6.05. The molecule has 2 atom stereocenters. The summed E-state index contributed by atoms with van der Waals surface area (Å²) in [6.45, 7) is 5.33. The van der Waals surface area contributed by atoms with Gasteiger partial charge in [-0.1, -0.05) is 6.07 Å². The summed E-state index contributed by atoms with van der Waals surface area (Å²) < 4.78 is 1.93. The zero-order chi connectivity index (χ0) is 18.3. The SMILES string of the molecule is Cc1cccc(CN2C[C@@H](c3ccnn3C)[C@@]3(CCCN(C)C3=O)C2)n1. The van der Waals surface area contributed by atoms with Gasteiger partial charge in [0, 0.05) is 63.8 Å². The molecular formula is C20H27N5O. The van der Waals surface area contributed by atoms with E-state index in [4.69, 9.17) is 0 Å². The van der Waals surface area contributed by atoms with E-state index in [0.717, 1.165) is 56.1 Å². The van der Waals surface area contributed by atoms with Crippen LogP contribution in [0.3, 0.4) is 0 Å². The molecule has 6 heteroatoms. The van der Waals surface area contributed by atoms with E-state index in [0.29, 0.717) is 0 Å². The summed E-state index contributed by atoms with van der Waals surface area (Å²) in [6, 6.07) is 8.23. The molecule has 4 heterocycles. The maximum Gasteiger partial charge on any atom is 0.230 e. The van der Waals surface area contributed by atoms with Crippen LogP contribution in [-0.2, 0) is 18.4 Å². The van der Waals surface area contributed by atoms with Crippen molar-refractivity contribution in [1.82, 2.24) is 24.6 Å². The second kappa shape index (κ2) is 6.50. The molecule has 1 amide bonds. The molecule has 2 aliphatic heterocycles. The van der Waals surface area contributed by atoms with Gasteiger partial charge in [-0.05, 0) is 38.0 Å². The van der Waals surface area contributed by atoms with E-state index in [1.54, 1.807) is 0 Å². The van der Waals surface area contributed by atoms with Gasteiger partial charge in [-0.2, -0.15) is 5.10 Å². The van der Waals surface area contributed by atoms with Gasteiger partial charge in [0.05, 0.1) is 11.1 Å². The van der Waals surface area contributed by atoms with E-state index < -0.39 is 0 Å². The monoisotopic (exact) mass is 353 g/mol. The Balaban J connectivity index is 1.67. The molecule has 6 nitrogen and oxygen atoms in total. The Morgan fingerprint density at radius 1 is 1.27 bits per heavy atom. The molecule has 2 fully saturated rings. The van der Waals surface area contributed by atoms with Crippen molar-refractivity contribution < 1.29 is 4.79 Å². The maximum atomic E-state index is 13.3. The first kappa shape index (κ1) is 17.2. The largest absolute Gasteiger partial charge is 0.345 e. The van der Waals surface area contributed by atoms with Crippen LogP contribution in [-0.4, -0.2) is 57.2 Å². The van der Waals surface area contributed by atoms with Crippen molar-refractivity contribution in [2.75, 3.05) is 26.7 Å². The normalized spacial score (nSPS) is 26.8. The van der Waals surface area contributed by atoms with Crippen molar-refractivity contribution in [3.8, 4) is 0 Å². The molecule has 0 bridgehead atoms. The number of aromatic nitrogens is 3. The molecule has 2 saturated heterocycles. The number of amides is 1. The van der Waals surface area contributed by atoms with Crippen molar-refractivity contribution in [3.63, 3.8) is 0 Å².